The van der Waals surface area contributed by atoms with E-state index in [1.54, 1.807) is 19.1 Å². The molecule has 0 unspecified atom stereocenters. The minimum atomic E-state index is -0.309. The Morgan fingerprint density at radius 2 is 1.55 bits per heavy atom. The molecule has 1 aromatic heterocycles. The fraction of sp³-hybridized carbons (Fsp3) is 0.233. The molecule has 0 spiro atoms. The second-order valence-corrected chi connectivity index (χ2v) is 9.25. The van der Waals surface area contributed by atoms with Crippen LogP contribution in [0, 0.1) is 5.92 Å². The van der Waals surface area contributed by atoms with E-state index < -0.39 is 0 Å². The van der Waals surface area contributed by atoms with E-state index in [0.29, 0.717) is 18.2 Å². The monoisotopic (exact) mass is 510 g/mol. The van der Waals surface area contributed by atoms with Gasteiger partial charge in [0.1, 0.15) is 18.0 Å². The van der Waals surface area contributed by atoms with Crippen molar-refractivity contribution in [2.75, 3.05) is 26.1 Å². The third-order valence-electron chi connectivity index (χ3n) is 6.48. The Kier molecular flexibility index (Phi) is 7.40. The minimum Gasteiger partial charge on any atom is -0.497 e. The lowest BCUT2D eigenvalue weighted by molar-refractivity contribution is -0.136. The number of hydrogen-bond donors (Lipinski definition) is 1. The molecule has 4 aromatic rings. The maximum Gasteiger partial charge on any atom is 0.246 e. The van der Waals surface area contributed by atoms with Gasteiger partial charge in [0, 0.05) is 29.9 Å². The van der Waals surface area contributed by atoms with Gasteiger partial charge in [-0.1, -0.05) is 30.3 Å². The maximum atomic E-state index is 13.3. The van der Waals surface area contributed by atoms with Gasteiger partial charge in [-0.3, -0.25) is 19.5 Å². The summed E-state index contributed by atoms with van der Waals surface area (Å²) < 4.78 is 12.4. The number of nitrogens with zero attached hydrogens (tertiary/aromatic N) is 3. The smallest absolute Gasteiger partial charge is 0.246 e. The second kappa shape index (κ2) is 11.2. The normalized spacial score (nSPS) is 12.6. The van der Waals surface area contributed by atoms with Gasteiger partial charge in [0.15, 0.2) is 0 Å². The highest BCUT2D eigenvalue weighted by Gasteiger charge is 2.34. The van der Waals surface area contributed by atoms with Crippen molar-refractivity contribution in [1.29, 1.82) is 0 Å². The molecule has 38 heavy (non-hydrogen) atoms. The highest BCUT2D eigenvalue weighted by Crippen LogP contribution is 2.32. The molecule has 8 nitrogen and oxygen atoms in total. The number of methoxy groups -OCH3 is 2. The lowest BCUT2D eigenvalue weighted by Gasteiger charge is -2.22. The molecule has 1 heterocycles. The number of hydrogen-bond acceptors (Lipinski definition) is 5. The summed E-state index contributed by atoms with van der Waals surface area (Å²) in [6.07, 6.45) is 3.62. The van der Waals surface area contributed by atoms with E-state index in [1.807, 2.05) is 89.6 Å². The van der Waals surface area contributed by atoms with E-state index >= 15 is 0 Å². The van der Waals surface area contributed by atoms with Gasteiger partial charge in [-0.25, -0.2) is 4.98 Å². The van der Waals surface area contributed by atoms with Gasteiger partial charge in [-0.15, -0.1) is 0 Å². The van der Waals surface area contributed by atoms with Crippen LogP contribution in [0.4, 0.5) is 5.95 Å². The topological polar surface area (TPSA) is 85.7 Å². The molecule has 0 bridgehead atoms. The molecule has 194 valence electrons. The van der Waals surface area contributed by atoms with Gasteiger partial charge in [-0.05, 0) is 66.9 Å². The molecule has 2 amide bonds. The van der Waals surface area contributed by atoms with Crippen LogP contribution in [-0.2, 0) is 16.1 Å². The molecule has 8 heteroatoms. The quantitative estimate of drug-likeness (QED) is 0.327. The van der Waals surface area contributed by atoms with Crippen LogP contribution in [0.3, 0.4) is 0 Å². The number of nitrogens with one attached hydrogen (secondary N) is 1. The zero-order valence-corrected chi connectivity index (χ0v) is 21.5. The standard InChI is InChI=1S/C30H30N4O4/c1-37-25-14-10-22(11-15-25)27-19-34(24-12-16-26(38-2)17-13-24)30(31-27)32-28(35)20-33(29(36)23-8-9-23)18-21-6-4-3-5-7-21/h3-7,10-17,19,23H,8-9,18,20H2,1-2H3,(H,31,32,35). The summed E-state index contributed by atoms with van der Waals surface area (Å²) in [5.41, 5.74) is 3.36. The highest BCUT2D eigenvalue weighted by molar-refractivity contribution is 5.94. The summed E-state index contributed by atoms with van der Waals surface area (Å²) in [7, 11) is 3.24. The Labute approximate surface area is 221 Å². The van der Waals surface area contributed by atoms with E-state index in [0.717, 1.165) is 41.2 Å². The average molecular weight is 511 g/mol. The summed E-state index contributed by atoms with van der Waals surface area (Å²) >= 11 is 0. The minimum absolute atomic E-state index is 0.00877. The zero-order chi connectivity index (χ0) is 26.5. The van der Waals surface area contributed by atoms with Crippen molar-refractivity contribution >= 4 is 17.8 Å². The van der Waals surface area contributed by atoms with E-state index in [2.05, 4.69) is 5.32 Å². The van der Waals surface area contributed by atoms with Gasteiger partial charge in [0.05, 0.1) is 19.9 Å². The number of rotatable bonds is 10. The van der Waals surface area contributed by atoms with Gasteiger partial charge in [0.2, 0.25) is 17.8 Å². The molecule has 1 aliphatic carbocycles. The van der Waals surface area contributed by atoms with Crippen LogP contribution >= 0.6 is 0 Å². The molecule has 1 saturated carbocycles. The maximum absolute atomic E-state index is 13.3. The molecular formula is C30H30N4O4. The van der Waals surface area contributed by atoms with Crippen molar-refractivity contribution in [2.45, 2.75) is 19.4 Å². The first kappa shape index (κ1) is 25.1. The predicted octanol–water partition coefficient (Wildman–Crippen LogP) is 4.93. The van der Waals surface area contributed by atoms with Crippen molar-refractivity contribution in [1.82, 2.24) is 14.5 Å². The summed E-state index contributed by atoms with van der Waals surface area (Å²) in [6, 6.07) is 24.8. The number of amides is 2. The predicted molar refractivity (Wildman–Crippen MR) is 145 cm³/mol. The fourth-order valence-electron chi connectivity index (χ4n) is 4.25. The molecule has 0 atom stereocenters. The number of ether oxygens (including phenoxy) is 2. The Bertz CT molecular complexity index is 1390. The molecule has 0 aliphatic heterocycles. The number of aromatic nitrogens is 2. The van der Waals surface area contributed by atoms with E-state index in [4.69, 9.17) is 14.5 Å². The lowest BCUT2D eigenvalue weighted by Crippen LogP contribution is -2.38. The first-order valence-electron chi connectivity index (χ1n) is 12.5. The van der Waals surface area contributed by atoms with Crippen LogP contribution in [0.25, 0.3) is 16.9 Å². The second-order valence-electron chi connectivity index (χ2n) is 9.25. The van der Waals surface area contributed by atoms with Crippen molar-refractivity contribution in [3.63, 3.8) is 0 Å². The molecule has 3 aromatic carbocycles. The Morgan fingerprint density at radius 3 is 2.16 bits per heavy atom. The Morgan fingerprint density at radius 1 is 0.921 bits per heavy atom. The average Bonchev–Trinajstić information content (AvgIpc) is 3.73. The number of carbonyl (C=O) groups excluding carboxylic acids is 2. The number of imidazole rings is 1. The van der Waals surface area contributed by atoms with Crippen molar-refractivity contribution in [3.8, 4) is 28.4 Å². The van der Waals surface area contributed by atoms with Crippen LogP contribution < -0.4 is 14.8 Å². The fourth-order valence-corrected chi connectivity index (χ4v) is 4.25. The SMILES string of the molecule is COc1ccc(-c2cn(-c3ccc(OC)cc3)c(NC(=O)CN(Cc3ccccc3)C(=O)C3CC3)n2)cc1. The van der Waals surface area contributed by atoms with Crippen molar-refractivity contribution in [2.24, 2.45) is 5.92 Å². The largest absolute Gasteiger partial charge is 0.497 e. The molecule has 1 N–H and O–H groups in total. The van der Waals surface area contributed by atoms with Crippen molar-refractivity contribution in [3.05, 3.63) is 90.6 Å². The van der Waals surface area contributed by atoms with Crippen LogP contribution in [0.1, 0.15) is 18.4 Å². The van der Waals surface area contributed by atoms with Crippen molar-refractivity contribution < 1.29 is 19.1 Å². The van der Waals surface area contributed by atoms with Crippen LogP contribution in [0.15, 0.2) is 85.1 Å². The Hall–Kier alpha value is -4.59. The molecular weight excluding hydrogens is 480 g/mol. The van der Waals surface area contributed by atoms with Crippen LogP contribution in [-0.4, -0.2) is 47.0 Å². The van der Waals surface area contributed by atoms with Gasteiger partial charge in [-0.2, -0.15) is 0 Å². The molecule has 5 rings (SSSR count). The van der Waals surface area contributed by atoms with E-state index in [-0.39, 0.29) is 24.3 Å². The Balaban J connectivity index is 1.41. The number of benzene rings is 3. The van der Waals surface area contributed by atoms with Gasteiger partial charge < -0.3 is 14.4 Å². The van der Waals surface area contributed by atoms with Crippen LogP contribution in [0.5, 0.6) is 11.5 Å². The number of anilines is 1. The van der Waals surface area contributed by atoms with Gasteiger partial charge in [0.25, 0.3) is 0 Å². The summed E-state index contributed by atoms with van der Waals surface area (Å²) in [4.78, 5) is 32.6. The zero-order valence-electron chi connectivity index (χ0n) is 21.5. The van der Waals surface area contributed by atoms with Crippen LogP contribution in [0.2, 0.25) is 0 Å². The van der Waals surface area contributed by atoms with Gasteiger partial charge >= 0.3 is 0 Å². The molecule has 0 saturated heterocycles. The highest BCUT2D eigenvalue weighted by atomic mass is 16.5. The van der Waals surface area contributed by atoms with E-state index in [9.17, 15) is 9.59 Å². The third kappa shape index (κ3) is 5.86. The molecule has 1 fully saturated rings. The molecule has 1 aliphatic rings. The first-order valence-corrected chi connectivity index (χ1v) is 12.5. The lowest BCUT2D eigenvalue weighted by atomic mass is 10.1. The molecule has 0 radical (unpaired) electrons. The van der Waals surface area contributed by atoms with E-state index in [1.165, 1.54) is 0 Å². The number of carbonyl (C=O) groups is 2. The summed E-state index contributed by atoms with van der Waals surface area (Å²) in [5.74, 6) is 1.55. The summed E-state index contributed by atoms with van der Waals surface area (Å²) in [5, 5.41) is 2.94. The first-order chi connectivity index (χ1) is 18.5. The third-order valence-corrected chi connectivity index (χ3v) is 6.48. The summed E-state index contributed by atoms with van der Waals surface area (Å²) in [6.45, 7) is 0.325.